The van der Waals surface area contributed by atoms with Crippen molar-refractivity contribution in [1.82, 2.24) is 19.5 Å². The maximum atomic E-state index is 12.5. The van der Waals surface area contributed by atoms with Gasteiger partial charge in [0.1, 0.15) is 12.3 Å². The average molecular weight is 434 g/mol. The van der Waals surface area contributed by atoms with Crippen LogP contribution in [0, 0.1) is 0 Å². The van der Waals surface area contributed by atoms with Gasteiger partial charge in [-0.05, 0) is 23.3 Å². The molecule has 1 fully saturated rings. The van der Waals surface area contributed by atoms with Gasteiger partial charge in [-0.3, -0.25) is 25.2 Å². The monoisotopic (exact) mass is 434 g/mol. The van der Waals surface area contributed by atoms with Gasteiger partial charge in [-0.25, -0.2) is 4.98 Å². The minimum Gasteiger partial charge on any atom is -0.394 e. The molecule has 4 aromatic rings. The number of nitrogens with one attached hydrogen (secondary N) is 3. The van der Waals surface area contributed by atoms with Crippen LogP contribution >= 0.6 is 0 Å². The summed E-state index contributed by atoms with van der Waals surface area (Å²) >= 11 is 0. The second-order valence-electron chi connectivity index (χ2n) is 7.55. The fraction of sp³-hybridized carbons (Fsp3) is 0.227. The third-order valence-corrected chi connectivity index (χ3v) is 5.44. The summed E-state index contributed by atoms with van der Waals surface area (Å²) in [5.41, 5.74) is 8.99. The largest absolute Gasteiger partial charge is 0.394 e. The van der Waals surface area contributed by atoms with Crippen LogP contribution in [0.4, 0.5) is 11.6 Å². The Kier molecular flexibility index (Phi) is 5.31. The van der Waals surface area contributed by atoms with Gasteiger partial charge < -0.3 is 14.9 Å². The van der Waals surface area contributed by atoms with Gasteiger partial charge in [0.15, 0.2) is 11.2 Å². The van der Waals surface area contributed by atoms with Gasteiger partial charge in [0.2, 0.25) is 5.95 Å². The van der Waals surface area contributed by atoms with E-state index >= 15 is 0 Å². The molecular formula is C22H22N6O4. The number of ether oxygens (including phenoxy) is 1. The Balaban J connectivity index is 1.34. The number of benzene rings is 2. The highest BCUT2D eigenvalue weighted by molar-refractivity contribution is 5.71. The van der Waals surface area contributed by atoms with Crippen LogP contribution in [-0.2, 0) is 4.74 Å². The number of aliphatic hydroxyl groups excluding tert-OH is 2. The number of fused-ring (bicyclic) bond motifs is 1. The van der Waals surface area contributed by atoms with Crippen molar-refractivity contribution >= 4 is 22.8 Å². The van der Waals surface area contributed by atoms with Crippen LogP contribution in [0.5, 0.6) is 0 Å². The van der Waals surface area contributed by atoms with Crippen molar-refractivity contribution in [2.75, 3.05) is 17.5 Å². The topological polar surface area (TPSA) is 137 Å². The second kappa shape index (κ2) is 8.42. The fourth-order valence-electron chi connectivity index (χ4n) is 3.75. The van der Waals surface area contributed by atoms with E-state index in [4.69, 9.17) is 4.74 Å². The Morgan fingerprint density at radius 2 is 1.84 bits per heavy atom. The number of H-pyrrole nitrogens is 1. The summed E-state index contributed by atoms with van der Waals surface area (Å²) in [5.74, 6) is 0.202. The Bertz CT molecular complexity index is 1270. The maximum absolute atomic E-state index is 12.5. The van der Waals surface area contributed by atoms with E-state index < -0.39 is 24.0 Å². The first-order valence-corrected chi connectivity index (χ1v) is 10.2. The van der Waals surface area contributed by atoms with Crippen LogP contribution < -0.4 is 16.4 Å². The summed E-state index contributed by atoms with van der Waals surface area (Å²) in [7, 11) is 0. The van der Waals surface area contributed by atoms with Crippen LogP contribution in [0.25, 0.3) is 22.3 Å². The quantitative estimate of drug-likeness (QED) is 0.290. The lowest BCUT2D eigenvalue weighted by Crippen LogP contribution is -2.24. The zero-order valence-electron chi connectivity index (χ0n) is 17.0. The van der Waals surface area contributed by atoms with E-state index in [1.807, 2.05) is 54.6 Å². The van der Waals surface area contributed by atoms with Crippen LogP contribution in [0.15, 0.2) is 65.7 Å². The third kappa shape index (κ3) is 3.82. The molecular weight excluding hydrogens is 412 g/mol. The van der Waals surface area contributed by atoms with E-state index in [0.29, 0.717) is 5.65 Å². The Morgan fingerprint density at radius 3 is 2.56 bits per heavy atom. The standard InChI is InChI=1S/C22H22N6O4/c29-11-17-16(30)10-18(32-17)28-12-23-19-20(28)24-22(25-21(19)31)27-26-15-8-6-14(7-9-15)13-4-2-1-3-5-13/h1-9,12,16-18,26,29-30H,10-11H2,(H2,24,25,27,31)/t16-,17+,18+/m1/s1. The first-order valence-electron chi connectivity index (χ1n) is 10.2. The molecule has 0 bridgehead atoms. The molecule has 0 amide bonds. The molecule has 3 heterocycles. The molecule has 164 valence electrons. The van der Waals surface area contributed by atoms with Gasteiger partial charge in [0.05, 0.1) is 24.7 Å². The number of aromatic nitrogens is 4. The summed E-state index contributed by atoms with van der Waals surface area (Å²) in [4.78, 5) is 23.7. The molecule has 10 nitrogen and oxygen atoms in total. The zero-order valence-corrected chi connectivity index (χ0v) is 17.0. The molecule has 1 saturated heterocycles. The summed E-state index contributed by atoms with van der Waals surface area (Å²) < 4.78 is 7.25. The highest BCUT2D eigenvalue weighted by atomic mass is 16.5. The molecule has 1 aliphatic heterocycles. The van der Waals surface area contributed by atoms with Crippen molar-refractivity contribution in [2.45, 2.75) is 24.9 Å². The fourth-order valence-corrected chi connectivity index (χ4v) is 3.75. The summed E-state index contributed by atoms with van der Waals surface area (Å²) in [5, 5.41) is 19.3. The third-order valence-electron chi connectivity index (χ3n) is 5.44. The van der Waals surface area contributed by atoms with E-state index in [-0.39, 0.29) is 24.5 Å². The first kappa shape index (κ1) is 20.2. The highest BCUT2D eigenvalue weighted by Crippen LogP contribution is 2.30. The molecule has 0 aliphatic carbocycles. The van der Waals surface area contributed by atoms with Gasteiger partial charge in [-0.1, -0.05) is 42.5 Å². The van der Waals surface area contributed by atoms with E-state index in [1.165, 1.54) is 6.33 Å². The van der Waals surface area contributed by atoms with Crippen molar-refractivity contribution in [3.05, 3.63) is 71.3 Å². The van der Waals surface area contributed by atoms with Gasteiger partial charge in [-0.2, -0.15) is 4.98 Å². The summed E-state index contributed by atoms with van der Waals surface area (Å²) in [6, 6.07) is 17.9. The van der Waals surface area contributed by atoms with Crippen LogP contribution in [0.2, 0.25) is 0 Å². The van der Waals surface area contributed by atoms with Crippen LogP contribution in [0.1, 0.15) is 12.6 Å². The van der Waals surface area contributed by atoms with Crippen molar-refractivity contribution in [2.24, 2.45) is 0 Å². The molecule has 0 saturated carbocycles. The molecule has 2 aromatic heterocycles. The molecule has 32 heavy (non-hydrogen) atoms. The van der Waals surface area contributed by atoms with Gasteiger partial charge in [0, 0.05) is 6.42 Å². The second-order valence-corrected chi connectivity index (χ2v) is 7.55. The molecule has 1 aliphatic rings. The number of nitrogens with zero attached hydrogens (tertiary/aromatic N) is 3. The smallest absolute Gasteiger partial charge is 0.280 e. The van der Waals surface area contributed by atoms with Crippen molar-refractivity contribution < 1.29 is 14.9 Å². The minimum absolute atomic E-state index is 0.160. The molecule has 2 aromatic carbocycles. The number of hydrazine groups is 1. The van der Waals surface area contributed by atoms with E-state index in [0.717, 1.165) is 16.8 Å². The summed E-state index contributed by atoms with van der Waals surface area (Å²) in [6.07, 6.45) is -0.350. The Hall–Kier alpha value is -3.73. The molecule has 3 atom stereocenters. The molecule has 0 radical (unpaired) electrons. The molecule has 0 unspecified atom stereocenters. The lowest BCUT2D eigenvalue weighted by molar-refractivity contribution is -0.0432. The van der Waals surface area contributed by atoms with Gasteiger partial charge in [0.25, 0.3) is 5.56 Å². The number of hydrogen-bond acceptors (Lipinski definition) is 8. The number of rotatable bonds is 6. The number of anilines is 2. The SMILES string of the molecule is O=c1[nH]c(NNc2ccc(-c3ccccc3)cc2)nc2c1ncn2[C@@H]1C[C@@H](O)[C@H](CO)O1. The maximum Gasteiger partial charge on any atom is 0.280 e. The average Bonchev–Trinajstić information content (AvgIpc) is 3.42. The zero-order chi connectivity index (χ0) is 22.1. The Labute approximate surface area is 182 Å². The first-order chi connectivity index (χ1) is 15.6. The lowest BCUT2D eigenvalue weighted by Gasteiger charge is -2.14. The minimum atomic E-state index is -0.803. The number of imidazole rings is 1. The number of aliphatic hydroxyl groups is 2. The van der Waals surface area contributed by atoms with E-state index in [2.05, 4.69) is 25.8 Å². The summed E-state index contributed by atoms with van der Waals surface area (Å²) in [6.45, 7) is -0.294. The van der Waals surface area contributed by atoms with Crippen molar-refractivity contribution in [3.63, 3.8) is 0 Å². The normalized spacial score (nSPS) is 20.5. The molecule has 0 spiro atoms. The van der Waals surface area contributed by atoms with Crippen LogP contribution in [0.3, 0.4) is 0 Å². The van der Waals surface area contributed by atoms with Gasteiger partial charge >= 0.3 is 0 Å². The predicted octanol–water partition coefficient (Wildman–Crippen LogP) is 1.87. The van der Waals surface area contributed by atoms with E-state index in [9.17, 15) is 15.0 Å². The Morgan fingerprint density at radius 1 is 1.09 bits per heavy atom. The molecule has 5 rings (SSSR count). The van der Waals surface area contributed by atoms with Crippen LogP contribution in [-0.4, -0.2) is 48.5 Å². The number of aromatic amines is 1. The highest BCUT2D eigenvalue weighted by Gasteiger charge is 2.35. The predicted molar refractivity (Wildman–Crippen MR) is 119 cm³/mol. The van der Waals surface area contributed by atoms with Crippen molar-refractivity contribution in [1.29, 1.82) is 0 Å². The van der Waals surface area contributed by atoms with E-state index in [1.54, 1.807) is 4.57 Å². The number of hydrogen-bond donors (Lipinski definition) is 5. The van der Waals surface area contributed by atoms with Crippen molar-refractivity contribution in [3.8, 4) is 11.1 Å². The van der Waals surface area contributed by atoms with Gasteiger partial charge in [-0.15, -0.1) is 0 Å². The molecule has 5 N–H and O–H groups in total. The lowest BCUT2D eigenvalue weighted by atomic mass is 10.1. The molecule has 10 heteroatoms.